The van der Waals surface area contributed by atoms with Crippen LogP contribution in [0.1, 0.15) is 38.9 Å². The van der Waals surface area contributed by atoms with Gasteiger partial charge in [0.2, 0.25) is 0 Å². The van der Waals surface area contributed by atoms with Crippen LogP contribution in [-0.2, 0) is 6.54 Å². The number of hydrogen-bond acceptors (Lipinski definition) is 3. The van der Waals surface area contributed by atoms with Crippen molar-refractivity contribution < 1.29 is 4.42 Å². The number of furan rings is 1. The Balaban J connectivity index is 2.08. The summed E-state index contributed by atoms with van der Waals surface area (Å²) in [4.78, 5) is 2.44. The maximum absolute atomic E-state index is 8.91. The summed E-state index contributed by atoms with van der Waals surface area (Å²) in [6.07, 6.45) is 4.71. The molecule has 0 aliphatic carbocycles. The van der Waals surface area contributed by atoms with Gasteiger partial charge in [-0.3, -0.25) is 4.90 Å². The first-order valence-corrected chi connectivity index (χ1v) is 6.29. The molecule has 1 atom stereocenters. The Morgan fingerprint density at radius 3 is 3.06 bits per heavy atom. The fraction of sp³-hybridized carbons (Fsp3) is 0.643. The number of rotatable bonds is 3. The highest BCUT2D eigenvalue weighted by Crippen LogP contribution is 2.36. The second-order valence-corrected chi connectivity index (χ2v) is 5.36. The van der Waals surface area contributed by atoms with Crippen molar-refractivity contribution in [2.45, 2.75) is 45.2 Å². The largest absolute Gasteiger partial charge is 0.468 e. The molecule has 3 heteroatoms. The summed E-state index contributed by atoms with van der Waals surface area (Å²) in [6, 6.07) is 6.27. The van der Waals surface area contributed by atoms with Crippen LogP contribution in [0.15, 0.2) is 22.8 Å². The minimum Gasteiger partial charge on any atom is -0.468 e. The van der Waals surface area contributed by atoms with Crippen LogP contribution in [0.5, 0.6) is 0 Å². The van der Waals surface area contributed by atoms with Gasteiger partial charge >= 0.3 is 0 Å². The van der Waals surface area contributed by atoms with E-state index in [4.69, 9.17) is 9.68 Å². The highest BCUT2D eigenvalue weighted by molar-refractivity contribution is 5.02. The third-order valence-corrected chi connectivity index (χ3v) is 4.06. The SMILES string of the molecule is CC1(C)C(CC#N)CCCN1Cc1ccco1. The van der Waals surface area contributed by atoms with Gasteiger partial charge in [0.1, 0.15) is 5.76 Å². The fourth-order valence-electron chi connectivity index (χ4n) is 2.76. The van der Waals surface area contributed by atoms with Crippen LogP contribution in [0.3, 0.4) is 0 Å². The number of piperidine rings is 1. The first-order valence-electron chi connectivity index (χ1n) is 6.29. The molecule has 92 valence electrons. The summed E-state index contributed by atoms with van der Waals surface area (Å²) in [5, 5.41) is 8.91. The maximum Gasteiger partial charge on any atom is 0.117 e. The van der Waals surface area contributed by atoms with E-state index in [0.29, 0.717) is 12.3 Å². The molecule has 0 amide bonds. The summed E-state index contributed by atoms with van der Waals surface area (Å²) in [7, 11) is 0. The predicted octanol–water partition coefficient (Wildman–Crippen LogP) is 3.18. The maximum atomic E-state index is 8.91. The van der Waals surface area contributed by atoms with E-state index in [1.165, 1.54) is 6.42 Å². The Kier molecular flexibility index (Phi) is 3.54. The molecule has 0 bridgehead atoms. The van der Waals surface area contributed by atoms with Gasteiger partial charge in [-0.2, -0.15) is 5.26 Å². The molecule has 0 spiro atoms. The molecule has 2 rings (SSSR count). The lowest BCUT2D eigenvalue weighted by atomic mass is 9.77. The normalized spacial score (nSPS) is 24.4. The second-order valence-electron chi connectivity index (χ2n) is 5.36. The zero-order valence-electron chi connectivity index (χ0n) is 10.6. The third kappa shape index (κ3) is 2.53. The standard InChI is InChI=1S/C14H20N2O/c1-14(2)12(7-8-15)5-3-9-16(14)11-13-6-4-10-17-13/h4,6,10,12H,3,5,7,9,11H2,1-2H3. The smallest absolute Gasteiger partial charge is 0.117 e. The van der Waals surface area contributed by atoms with E-state index in [-0.39, 0.29) is 5.54 Å². The summed E-state index contributed by atoms with van der Waals surface area (Å²) < 4.78 is 5.42. The van der Waals surface area contributed by atoms with Crippen LogP contribution in [0, 0.1) is 17.2 Å². The molecule has 0 saturated carbocycles. The Labute approximate surface area is 103 Å². The van der Waals surface area contributed by atoms with Crippen LogP contribution in [0.25, 0.3) is 0 Å². The Hall–Kier alpha value is -1.27. The molecule has 0 N–H and O–H groups in total. The lowest BCUT2D eigenvalue weighted by molar-refractivity contribution is 0.0123. The van der Waals surface area contributed by atoms with E-state index >= 15 is 0 Å². The molecule has 1 aliphatic heterocycles. The number of hydrogen-bond donors (Lipinski definition) is 0. The van der Waals surface area contributed by atoms with Gasteiger partial charge in [-0.1, -0.05) is 0 Å². The Morgan fingerprint density at radius 1 is 1.59 bits per heavy atom. The summed E-state index contributed by atoms with van der Waals surface area (Å²) >= 11 is 0. The van der Waals surface area contributed by atoms with Crippen molar-refractivity contribution in [1.82, 2.24) is 4.90 Å². The first-order chi connectivity index (χ1) is 8.14. The lowest BCUT2D eigenvalue weighted by Gasteiger charge is -2.47. The molecule has 3 nitrogen and oxygen atoms in total. The molecule has 0 aromatic carbocycles. The minimum absolute atomic E-state index is 0.0841. The third-order valence-electron chi connectivity index (χ3n) is 4.06. The van der Waals surface area contributed by atoms with Gasteiger partial charge in [-0.15, -0.1) is 0 Å². The summed E-state index contributed by atoms with van der Waals surface area (Å²) in [5.41, 5.74) is 0.0841. The highest BCUT2D eigenvalue weighted by Gasteiger charge is 2.38. The van der Waals surface area contributed by atoms with Gasteiger partial charge in [0.05, 0.1) is 18.9 Å². The van der Waals surface area contributed by atoms with E-state index in [1.54, 1.807) is 6.26 Å². The first kappa shape index (κ1) is 12.2. The van der Waals surface area contributed by atoms with Gasteiger partial charge in [-0.25, -0.2) is 0 Å². The van der Waals surface area contributed by atoms with Crippen molar-refractivity contribution in [1.29, 1.82) is 5.26 Å². The van der Waals surface area contributed by atoms with Crippen molar-refractivity contribution in [3.05, 3.63) is 24.2 Å². The molecular formula is C14H20N2O. The number of nitriles is 1. The van der Waals surface area contributed by atoms with Crippen molar-refractivity contribution >= 4 is 0 Å². The van der Waals surface area contributed by atoms with Crippen molar-refractivity contribution in [2.75, 3.05) is 6.54 Å². The Bertz CT molecular complexity index is 389. The minimum atomic E-state index is 0.0841. The summed E-state index contributed by atoms with van der Waals surface area (Å²) in [6.45, 7) is 6.44. The average molecular weight is 232 g/mol. The fourth-order valence-corrected chi connectivity index (χ4v) is 2.76. The molecule has 1 aliphatic rings. The molecule has 1 aromatic rings. The van der Waals surface area contributed by atoms with E-state index in [0.717, 1.165) is 25.3 Å². The van der Waals surface area contributed by atoms with Gasteiger partial charge in [0.15, 0.2) is 0 Å². The molecule has 17 heavy (non-hydrogen) atoms. The molecule has 0 radical (unpaired) electrons. The van der Waals surface area contributed by atoms with Crippen molar-refractivity contribution in [3.63, 3.8) is 0 Å². The van der Waals surface area contributed by atoms with Crippen LogP contribution in [0.2, 0.25) is 0 Å². The van der Waals surface area contributed by atoms with Gasteiger partial charge in [-0.05, 0) is 51.3 Å². The summed E-state index contributed by atoms with van der Waals surface area (Å²) in [5.74, 6) is 1.48. The predicted molar refractivity (Wildman–Crippen MR) is 66.2 cm³/mol. The van der Waals surface area contributed by atoms with Crippen LogP contribution < -0.4 is 0 Å². The molecule has 1 fully saturated rings. The highest BCUT2D eigenvalue weighted by atomic mass is 16.3. The average Bonchev–Trinajstić information content (AvgIpc) is 2.77. The van der Waals surface area contributed by atoms with Crippen LogP contribution in [0.4, 0.5) is 0 Å². The molecule has 1 unspecified atom stereocenters. The van der Waals surface area contributed by atoms with E-state index in [1.807, 2.05) is 12.1 Å². The molecule has 2 heterocycles. The molecule has 1 saturated heterocycles. The zero-order chi connectivity index (χ0) is 12.3. The van der Waals surface area contributed by atoms with Gasteiger partial charge in [0.25, 0.3) is 0 Å². The lowest BCUT2D eigenvalue weighted by Crippen LogP contribution is -2.52. The van der Waals surface area contributed by atoms with Crippen LogP contribution in [-0.4, -0.2) is 17.0 Å². The Morgan fingerprint density at radius 2 is 2.41 bits per heavy atom. The molecular weight excluding hydrogens is 212 g/mol. The van der Waals surface area contributed by atoms with Gasteiger partial charge in [0, 0.05) is 12.0 Å². The monoisotopic (exact) mass is 232 g/mol. The second kappa shape index (κ2) is 4.93. The van der Waals surface area contributed by atoms with Crippen LogP contribution >= 0.6 is 0 Å². The van der Waals surface area contributed by atoms with Gasteiger partial charge < -0.3 is 4.42 Å². The topological polar surface area (TPSA) is 40.2 Å². The number of nitrogens with zero attached hydrogens (tertiary/aromatic N) is 2. The van der Waals surface area contributed by atoms with Crippen molar-refractivity contribution in [3.8, 4) is 6.07 Å². The van der Waals surface area contributed by atoms with E-state index in [9.17, 15) is 0 Å². The van der Waals surface area contributed by atoms with E-state index < -0.39 is 0 Å². The number of likely N-dealkylation sites (tertiary alicyclic amines) is 1. The zero-order valence-corrected chi connectivity index (χ0v) is 10.6. The van der Waals surface area contributed by atoms with E-state index in [2.05, 4.69) is 24.8 Å². The van der Waals surface area contributed by atoms with Crippen molar-refractivity contribution in [2.24, 2.45) is 5.92 Å². The quantitative estimate of drug-likeness (QED) is 0.803. The molecule has 1 aromatic heterocycles.